The Morgan fingerprint density at radius 2 is 2.08 bits per heavy atom. The van der Waals surface area contributed by atoms with Crippen LogP contribution in [0.2, 0.25) is 5.02 Å². The first-order chi connectivity index (χ1) is 5.54. The molecule has 0 saturated carbocycles. The lowest BCUT2D eigenvalue weighted by molar-refractivity contribution is 1.02. The highest BCUT2D eigenvalue weighted by molar-refractivity contribution is 9.10. The molecular formula is C7H9BrClN3. The quantitative estimate of drug-likeness (QED) is 0.455. The molecule has 66 valence electrons. The fraction of sp³-hybridized carbons (Fsp3) is 0.143. The Morgan fingerprint density at radius 3 is 2.50 bits per heavy atom. The van der Waals surface area contributed by atoms with Crippen molar-refractivity contribution in [1.82, 2.24) is 0 Å². The molecule has 3 nitrogen and oxygen atoms in total. The van der Waals surface area contributed by atoms with Crippen LogP contribution in [-0.2, 0) is 0 Å². The molecule has 0 aromatic heterocycles. The van der Waals surface area contributed by atoms with E-state index < -0.39 is 0 Å². The van der Waals surface area contributed by atoms with E-state index in [1.54, 1.807) is 19.2 Å². The molecule has 0 heterocycles. The molecule has 0 bridgehead atoms. The van der Waals surface area contributed by atoms with Crippen LogP contribution in [0.25, 0.3) is 0 Å². The molecule has 1 aromatic rings. The summed E-state index contributed by atoms with van der Waals surface area (Å²) in [6.07, 6.45) is 0. The molecule has 0 spiro atoms. The van der Waals surface area contributed by atoms with Crippen molar-refractivity contribution in [2.24, 2.45) is 5.84 Å². The first-order valence-electron chi connectivity index (χ1n) is 3.26. The van der Waals surface area contributed by atoms with E-state index in [-0.39, 0.29) is 0 Å². The van der Waals surface area contributed by atoms with Gasteiger partial charge in [0.05, 0.1) is 16.4 Å². The van der Waals surface area contributed by atoms with Gasteiger partial charge in [-0.05, 0) is 28.1 Å². The van der Waals surface area contributed by atoms with Crippen LogP contribution < -0.4 is 16.6 Å². The molecule has 0 aliphatic carbocycles. The van der Waals surface area contributed by atoms with Gasteiger partial charge in [0.15, 0.2) is 0 Å². The number of benzene rings is 1. The zero-order chi connectivity index (χ0) is 9.30. The minimum Gasteiger partial charge on any atom is -0.397 e. The number of hydrogen-bond acceptors (Lipinski definition) is 3. The van der Waals surface area contributed by atoms with Gasteiger partial charge in [-0.15, -0.1) is 0 Å². The number of halogens is 2. The predicted molar refractivity (Wildman–Crippen MR) is 56.2 cm³/mol. The summed E-state index contributed by atoms with van der Waals surface area (Å²) in [6.45, 7) is 0. The monoisotopic (exact) mass is 249 g/mol. The van der Waals surface area contributed by atoms with Gasteiger partial charge in [0.2, 0.25) is 0 Å². The zero-order valence-electron chi connectivity index (χ0n) is 6.51. The van der Waals surface area contributed by atoms with E-state index in [1.165, 1.54) is 5.01 Å². The second-order valence-corrected chi connectivity index (χ2v) is 3.64. The van der Waals surface area contributed by atoms with Crippen LogP contribution in [0.1, 0.15) is 0 Å². The molecule has 0 fully saturated rings. The number of nitrogens with zero attached hydrogens (tertiary/aromatic N) is 1. The number of hydrazine groups is 1. The van der Waals surface area contributed by atoms with Gasteiger partial charge >= 0.3 is 0 Å². The zero-order valence-corrected chi connectivity index (χ0v) is 8.85. The van der Waals surface area contributed by atoms with Crippen molar-refractivity contribution < 1.29 is 0 Å². The lowest BCUT2D eigenvalue weighted by Crippen LogP contribution is -2.26. The molecule has 0 radical (unpaired) electrons. The summed E-state index contributed by atoms with van der Waals surface area (Å²) in [7, 11) is 1.68. The smallest absolute Gasteiger partial charge is 0.0942 e. The Morgan fingerprint density at radius 1 is 1.50 bits per heavy atom. The summed E-state index contributed by atoms with van der Waals surface area (Å²) in [5, 5.41) is 1.92. The number of rotatable bonds is 1. The molecule has 0 saturated heterocycles. The van der Waals surface area contributed by atoms with Crippen molar-refractivity contribution >= 4 is 38.9 Å². The van der Waals surface area contributed by atoms with Gasteiger partial charge in [0, 0.05) is 11.5 Å². The summed E-state index contributed by atoms with van der Waals surface area (Å²) in [4.78, 5) is 0. The Balaban J connectivity index is 3.33. The van der Waals surface area contributed by atoms with Crippen LogP contribution in [-0.4, -0.2) is 7.05 Å². The first kappa shape index (κ1) is 9.64. The minimum absolute atomic E-state index is 0.528. The summed E-state index contributed by atoms with van der Waals surface area (Å²) in [6, 6.07) is 3.53. The SMILES string of the molecule is CN(N)c1c(N)ccc(Br)c1Cl. The molecule has 0 amide bonds. The maximum absolute atomic E-state index is 5.94. The topological polar surface area (TPSA) is 55.3 Å². The van der Waals surface area contributed by atoms with Crippen molar-refractivity contribution in [3.8, 4) is 0 Å². The van der Waals surface area contributed by atoms with E-state index in [0.29, 0.717) is 16.4 Å². The maximum atomic E-state index is 5.94. The highest BCUT2D eigenvalue weighted by atomic mass is 79.9. The molecular weight excluding hydrogens is 241 g/mol. The Kier molecular flexibility index (Phi) is 2.82. The van der Waals surface area contributed by atoms with E-state index in [9.17, 15) is 0 Å². The first-order valence-corrected chi connectivity index (χ1v) is 4.43. The average Bonchev–Trinajstić information content (AvgIpc) is 1.97. The normalized spacial score (nSPS) is 10.0. The van der Waals surface area contributed by atoms with Crippen LogP contribution in [0, 0.1) is 0 Å². The van der Waals surface area contributed by atoms with E-state index in [2.05, 4.69) is 15.9 Å². The Bertz CT molecular complexity index is 301. The highest BCUT2D eigenvalue weighted by Gasteiger charge is 2.09. The van der Waals surface area contributed by atoms with Crippen molar-refractivity contribution in [3.63, 3.8) is 0 Å². The molecule has 0 aliphatic heterocycles. The third kappa shape index (κ3) is 1.65. The lowest BCUT2D eigenvalue weighted by atomic mass is 10.2. The van der Waals surface area contributed by atoms with Gasteiger partial charge in [-0.2, -0.15) is 0 Å². The van der Waals surface area contributed by atoms with Gasteiger partial charge in [0.1, 0.15) is 0 Å². The van der Waals surface area contributed by atoms with E-state index in [4.69, 9.17) is 23.2 Å². The van der Waals surface area contributed by atoms with Crippen molar-refractivity contribution in [1.29, 1.82) is 0 Å². The van der Waals surface area contributed by atoms with Crippen LogP contribution in [0.4, 0.5) is 11.4 Å². The number of nitrogen functional groups attached to an aromatic ring is 1. The van der Waals surface area contributed by atoms with Crippen LogP contribution in [0.5, 0.6) is 0 Å². The van der Waals surface area contributed by atoms with Gasteiger partial charge in [-0.25, -0.2) is 5.84 Å². The van der Waals surface area contributed by atoms with Crippen molar-refractivity contribution in [2.75, 3.05) is 17.8 Å². The molecule has 4 N–H and O–H groups in total. The minimum atomic E-state index is 0.528. The van der Waals surface area contributed by atoms with E-state index in [0.717, 1.165) is 4.47 Å². The maximum Gasteiger partial charge on any atom is 0.0942 e. The summed E-state index contributed by atoms with van der Waals surface area (Å²) >= 11 is 9.22. The van der Waals surface area contributed by atoms with Crippen LogP contribution >= 0.6 is 27.5 Å². The third-order valence-electron chi connectivity index (χ3n) is 1.45. The number of nitrogens with two attached hydrogens (primary N) is 2. The summed E-state index contributed by atoms with van der Waals surface area (Å²) in [5.74, 6) is 5.53. The van der Waals surface area contributed by atoms with E-state index in [1.807, 2.05) is 0 Å². The predicted octanol–water partition coefficient (Wildman–Crippen LogP) is 1.99. The summed E-state index contributed by atoms with van der Waals surface area (Å²) in [5.41, 5.74) is 6.86. The third-order valence-corrected chi connectivity index (χ3v) is 2.72. The van der Waals surface area contributed by atoms with Crippen LogP contribution in [0.15, 0.2) is 16.6 Å². The second kappa shape index (κ2) is 3.51. The Hall–Kier alpha value is -0.450. The lowest BCUT2D eigenvalue weighted by Gasteiger charge is -2.16. The molecule has 0 unspecified atom stereocenters. The highest BCUT2D eigenvalue weighted by Crippen LogP contribution is 2.35. The van der Waals surface area contributed by atoms with Gasteiger partial charge in [0.25, 0.3) is 0 Å². The molecule has 0 aliphatic rings. The van der Waals surface area contributed by atoms with Gasteiger partial charge in [-0.3, -0.25) is 0 Å². The fourth-order valence-electron chi connectivity index (χ4n) is 0.913. The summed E-state index contributed by atoms with van der Waals surface area (Å²) < 4.78 is 0.783. The number of hydrogen-bond donors (Lipinski definition) is 2. The molecule has 0 atom stereocenters. The number of anilines is 2. The molecule has 1 aromatic carbocycles. The van der Waals surface area contributed by atoms with Crippen LogP contribution in [0.3, 0.4) is 0 Å². The molecule has 1 rings (SSSR count). The largest absolute Gasteiger partial charge is 0.397 e. The van der Waals surface area contributed by atoms with Crippen molar-refractivity contribution in [2.45, 2.75) is 0 Å². The fourth-order valence-corrected chi connectivity index (χ4v) is 1.54. The van der Waals surface area contributed by atoms with Gasteiger partial charge < -0.3 is 10.7 Å². The second-order valence-electron chi connectivity index (χ2n) is 2.41. The van der Waals surface area contributed by atoms with E-state index >= 15 is 0 Å². The molecule has 12 heavy (non-hydrogen) atoms. The van der Waals surface area contributed by atoms with Gasteiger partial charge in [-0.1, -0.05) is 11.6 Å². The standard InChI is InChI=1S/C7H9BrClN3/c1-12(11)7-5(10)3-2-4(8)6(7)9/h2-3H,10-11H2,1H3. The van der Waals surface area contributed by atoms with Crippen molar-refractivity contribution in [3.05, 3.63) is 21.6 Å². The average molecular weight is 251 g/mol. The Labute approximate surface area is 84.4 Å². The molecule has 5 heteroatoms.